The summed E-state index contributed by atoms with van der Waals surface area (Å²) in [5, 5.41) is 15.1. The van der Waals surface area contributed by atoms with Gasteiger partial charge in [0.05, 0.1) is 12.2 Å². The second-order valence-electron chi connectivity index (χ2n) is 5.39. The van der Waals surface area contributed by atoms with Crippen LogP contribution in [0.1, 0.15) is 38.5 Å². The monoisotopic (exact) mass is 256 g/mol. The van der Waals surface area contributed by atoms with E-state index in [1.54, 1.807) is 0 Å². The minimum atomic E-state index is -0.167. The van der Waals surface area contributed by atoms with Crippen LogP contribution in [0.2, 0.25) is 0 Å². The van der Waals surface area contributed by atoms with Gasteiger partial charge >= 0.3 is 6.03 Å². The number of ether oxygens (including phenoxy) is 1. The number of hydrogen-bond donors (Lipinski definition) is 3. The van der Waals surface area contributed by atoms with Gasteiger partial charge in [-0.1, -0.05) is 0 Å². The summed E-state index contributed by atoms with van der Waals surface area (Å²) >= 11 is 0. The van der Waals surface area contributed by atoms with Crippen molar-refractivity contribution in [2.24, 2.45) is 5.92 Å². The molecule has 0 unspecified atom stereocenters. The summed E-state index contributed by atoms with van der Waals surface area (Å²) < 4.78 is 5.49. The Labute approximate surface area is 108 Å². The van der Waals surface area contributed by atoms with Crippen LogP contribution >= 0.6 is 0 Å². The molecule has 18 heavy (non-hydrogen) atoms. The van der Waals surface area contributed by atoms with Crippen LogP contribution in [0, 0.1) is 5.92 Å². The van der Waals surface area contributed by atoms with Gasteiger partial charge in [0, 0.05) is 19.7 Å². The molecule has 3 N–H and O–H groups in total. The van der Waals surface area contributed by atoms with E-state index in [9.17, 15) is 9.90 Å². The third-order valence-corrected chi connectivity index (χ3v) is 3.84. The molecule has 0 spiro atoms. The summed E-state index contributed by atoms with van der Waals surface area (Å²) in [5.74, 6) is 0.434. The maximum absolute atomic E-state index is 11.5. The topological polar surface area (TPSA) is 70.6 Å². The number of carbonyl (C=O) groups excluding carboxylic acids is 1. The highest BCUT2D eigenvalue weighted by atomic mass is 16.5. The summed E-state index contributed by atoms with van der Waals surface area (Å²) in [7, 11) is 0. The summed E-state index contributed by atoms with van der Waals surface area (Å²) in [4.78, 5) is 11.5. The van der Waals surface area contributed by atoms with E-state index >= 15 is 0 Å². The van der Waals surface area contributed by atoms with Crippen molar-refractivity contribution >= 4 is 6.03 Å². The molecule has 104 valence electrons. The van der Waals surface area contributed by atoms with Crippen molar-refractivity contribution in [3.05, 3.63) is 0 Å². The molecule has 5 heteroatoms. The Morgan fingerprint density at radius 3 is 2.83 bits per heavy atom. The van der Waals surface area contributed by atoms with Crippen LogP contribution in [0.25, 0.3) is 0 Å². The fraction of sp³-hybridized carbons (Fsp3) is 0.923. The van der Waals surface area contributed by atoms with Crippen molar-refractivity contribution in [2.75, 3.05) is 19.7 Å². The Hall–Kier alpha value is -0.810. The first-order valence-electron chi connectivity index (χ1n) is 7.05. The molecule has 1 aliphatic carbocycles. The highest BCUT2D eigenvalue weighted by molar-refractivity contribution is 5.73. The van der Waals surface area contributed by atoms with E-state index in [2.05, 4.69) is 10.6 Å². The van der Waals surface area contributed by atoms with Gasteiger partial charge in [-0.15, -0.1) is 0 Å². The molecule has 1 saturated heterocycles. The Morgan fingerprint density at radius 2 is 2.17 bits per heavy atom. The average molecular weight is 256 g/mol. The highest BCUT2D eigenvalue weighted by Gasteiger charge is 2.22. The Kier molecular flexibility index (Phi) is 5.26. The van der Waals surface area contributed by atoms with Crippen LogP contribution in [-0.2, 0) is 4.74 Å². The molecule has 2 fully saturated rings. The summed E-state index contributed by atoms with van der Waals surface area (Å²) in [6, 6.07) is -0.102. The van der Waals surface area contributed by atoms with Gasteiger partial charge in [-0.3, -0.25) is 0 Å². The van der Waals surface area contributed by atoms with Crippen molar-refractivity contribution in [2.45, 2.75) is 50.7 Å². The largest absolute Gasteiger partial charge is 0.393 e. The lowest BCUT2D eigenvalue weighted by molar-refractivity contribution is 0.104. The van der Waals surface area contributed by atoms with Crippen molar-refractivity contribution in [1.82, 2.24) is 10.6 Å². The Morgan fingerprint density at radius 1 is 1.28 bits per heavy atom. The third-order valence-electron chi connectivity index (χ3n) is 3.84. The molecule has 2 aliphatic rings. The summed E-state index contributed by atoms with van der Waals surface area (Å²) in [6.45, 7) is 2.20. The first-order valence-corrected chi connectivity index (χ1v) is 7.05. The van der Waals surface area contributed by atoms with Gasteiger partial charge in [0.2, 0.25) is 0 Å². The van der Waals surface area contributed by atoms with E-state index in [1.807, 2.05) is 0 Å². The van der Waals surface area contributed by atoms with Crippen LogP contribution < -0.4 is 10.6 Å². The normalized spacial score (nSPS) is 31.5. The van der Waals surface area contributed by atoms with Crippen LogP contribution in [0.15, 0.2) is 0 Å². The zero-order chi connectivity index (χ0) is 12.8. The maximum atomic E-state index is 11.5. The lowest BCUT2D eigenvalue weighted by Gasteiger charge is -2.13. The molecule has 2 rings (SSSR count). The minimum Gasteiger partial charge on any atom is -0.393 e. The number of urea groups is 1. The van der Waals surface area contributed by atoms with Crippen LogP contribution in [0.3, 0.4) is 0 Å². The minimum absolute atomic E-state index is 0.102. The number of rotatable bonds is 5. The zero-order valence-electron chi connectivity index (χ0n) is 10.9. The molecule has 0 bridgehead atoms. The Balaban J connectivity index is 1.49. The van der Waals surface area contributed by atoms with Gasteiger partial charge in [-0.25, -0.2) is 4.79 Å². The number of hydrogen-bond acceptors (Lipinski definition) is 3. The Bertz CT molecular complexity index is 267. The molecular weight excluding hydrogens is 232 g/mol. The number of aliphatic hydroxyl groups excluding tert-OH is 1. The number of carbonyl (C=O) groups is 1. The number of amides is 2. The van der Waals surface area contributed by atoms with Crippen molar-refractivity contribution in [3.63, 3.8) is 0 Å². The lowest BCUT2D eigenvalue weighted by Crippen LogP contribution is -2.39. The molecule has 5 nitrogen and oxygen atoms in total. The first kappa shape index (κ1) is 13.6. The van der Waals surface area contributed by atoms with Crippen molar-refractivity contribution < 1.29 is 14.6 Å². The van der Waals surface area contributed by atoms with Crippen LogP contribution in [0.5, 0.6) is 0 Å². The second-order valence-corrected chi connectivity index (χ2v) is 5.39. The molecule has 0 aromatic heterocycles. The van der Waals surface area contributed by atoms with Gasteiger partial charge in [-0.2, -0.15) is 0 Å². The quantitative estimate of drug-likeness (QED) is 0.687. The fourth-order valence-corrected chi connectivity index (χ4v) is 2.75. The predicted molar refractivity (Wildman–Crippen MR) is 68.3 cm³/mol. The van der Waals surface area contributed by atoms with E-state index in [4.69, 9.17) is 4.74 Å². The average Bonchev–Trinajstić information content (AvgIpc) is 2.98. The van der Waals surface area contributed by atoms with Gasteiger partial charge in [-0.05, 0) is 44.4 Å². The van der Waals surface area contributed by atoms with E-state index in [0.717, 1.165) is 45.1 Å². The number of nitrogens with one attached hydrogen (secondary N) is 2. The van der Waals surface area contributed by atoms with E-state index in [0.29, 0.717) is 25.1 Å². The SMILES string of the molecule is O=C(NCC[C@@H]1CCCO1)NC[C@H]1CC[C@H](O)C1. The van der Waals surface area contributed by atoms with Gasteiger partial charge in [0.15, 0.2) is 0 Å². The molecule has 0 aromatic rings. The molecule has 1 aliphatic heterocycles. The summed E-state index contributed by atoms with van der Waals surface area (Å²) in [5.41, 5.74) is 0. The van der Waals surface area contributed by atoms with E-state index < -0.39 is 0 Å². The standard InChI is InChI=1S/C13H24N2O3/c16-11-4-3-10(8-11)9-15-13(17)14-6-5-12-2-1-7-18-12/h10-12,16H,1-9H2,(H2,14,15,17)/t10-,11-,12-/m0/s1. The molecule has 2 amide bonds. The van der Waals surface area contributed by atoms with E-state index in [-0.39, 0.29) is 12.1 Å². The first-order chi connectivity index (χ1) is 8.74. The summed E-state index contributed by atoms with van der Waals surface area (Å²) in [6.07, 6.45) is 6.01. The third kappa shape index (κ3) is 4.46. The van der Waals surface area contributed by atoms with Crippen molar-refractivity contribution in [3.8, 4) is 0 Å². The molecule has 0 radical (unpaired) electrons. The molecular formula is C13H24N2O3. The van der Waals surface area contributed by atoms with Crippen LogP contribution in [-0.4, -0.2) is 43.0 Å². The van der Waals surface area contributed by atoms with Gasteiger partial charge in [0.25, 0.3) is 0 Å². The van der Waals surface area contributed by atoms with Gasteiger partial charge in [0.1, 0.15) is 0 Å². The smallest absolute Gasteiger partial charge is 0.314 e. The second kappa shape index (κ2) is 6.95. The molecule has 1 saturated carbocycles. The number of aliphatic hydroxyl groups is 1. The van der Waals surface area contributed by atoms with E-state index in [1.165, 1.54) is 0 Å². The molecule has 0 aromatic carbocycles. The lowest BCUT2D eigenvalue weighted by atomic mass is 10.1. The van der Waals surface area contributed by atoms with Gasteiger partial charge < -0.3 is 20.5 Å². The highest BCUT2D eigenvalue weighted by Crippen LogP contribution is 2.24. The predicted octanol–water partition coefficient (Wildman–Crippen LogP) is 1.02. The maximum Gasteiger partial charge on any atom is 0.314 e. The zero-order valence-corrected chi connectivity index (χ0v) is 10.9. The van der Waals surface area contributed by atoms with Crippen LogP contribution in [0.4, 0.5) is 4.79 Å². The van der Waals surface area contributed by atoms with Crippen molar-refractivity contribution in [1.29, 1.82) is 0 Å². The fourth-order valence-electron chi connectivity index (χ4n) is 2.75. The molecule has 1 heterocycles. The molecule has 3 atom stereocenters.